The molecule has 0 spiro atoms. The van der Waals surface area contributed by atoms with E-state index in [1.54, 1.807) is 0 Å². The van der Waals surface area contributed by atoms with Gasteiger partial charge in [-0.25, -0.2) is 17.9 Å². The lowest BCUT2D eigenvalue weighted by atomic mass is 9.82. The van der Waals surface area contributed by atoms with Gasteiger partial charge in [0.15, 0.2) is 0 Å². The first-order valence-electron chi connectivity index (χ1n) is 6.54. The molecule has 114 valence electrons. The number of primary sulfonamides is 1. The van der Waals surface area contributed by atoms with E-state index in [9.17, 15) is 12.8 Å². The first kappa shape index (κ1) is 16.9. The third-order valence-corrected chi connectivity index (χ3v) is 4.77. The van der Waals surface area contributed by atoms with Crippen LogP contribution in [0.2, 0.25) is 0 Å². The van der Waals surface area contributed by atoms with Crippen LogP contribution >= 0.6 is 0 Å². The van der Waals surface area contributed by atoms with Crippen molar-refractivity contribution in [1.29, 1.82) is 0 Å². The van der Waals surface area contributed by atoms with E-state index in [0.29, 0.717) is 13.1 Å². The molecule has 1 aromatic carbocycles. The van der Waals surface area contributed by atoms with Crippen LogP contribution in [0.4, 0.5) is 10.1 Å². The fraction of sp³-hybridized carbons (Fsp3) is 0.538. The molecule has 20 heavy (non-hydrogen) atoms. The molecule has 0 saturated carbocycles. The van der Waals surface area contributed by atoms with Gasteiger partial charge in [0.2, 0.25) is 10.0 Å². The molecule has 7 heteroatoms. The SMILES string of the molecule is CCC(CC)(CN)CNc1ccc(S(N)(=O)=O)cc1F. The second-order valence-corrected chi connectivity index (χ2v) is 6.51. The molecule has 0 unspecified atom stereocenters. The lowest BCUT2D eigenvalue weighted by molar-refractivity contribution is 0.294. The zero-order valence-corrected chi connectivity index (χ0v) is 12.6. The van der Waals surface area contributed by atoms with Crippen LogP contribution in [0.3, 0.4) is 0 Å². The standard InChI is InChI=1S/C13H22FN3O2S/c1-3-13(4-2,8-15)9-17-12-6-5-10(7-11(12)14)20(16,18)19/h5-7,17H,3-4,8-9,15H2,1-2H3,(H2,16,18,19). The van der Waals surface area contributed by atoms with Gasteiger partial charge in [-0.1, -0.05) is 13.8 Å². The highest BCUT2D eigenvalue weighted by molar-refractivity contribution is 7.89. The molecule has 5 N–H and O–H groups in total. The van der Waals surface area contributed by atoms with Gasteiger partial charge in [0.05, 0.1) is 10.6 Å². The summed E-state index contributed by atoms with van der Waals surface area (Å²) >= 11 is 0. The third kappa shape index (κ3) is 3.91. The predicted molar refractivity (Wildman–Crippen MR) is 78.3 cm³/mol. The van der Waals surface area contributed by atoms with E-state index in [1.807, 2.05) is 13.8 Å². The van der Waals surface area contributed by atoms with Gasteiger partial charge in [0.25, 0.3) is 0 Å². The Hall–Kier alpha value is -1.18. The van der Waals surface area contributed by atoms with E-state index >= 15 is 0 Å². The van der Waals surface area contributed by atoms with Gasteiger partial charge in [-0.2, -0.15) is 0 Å². The lowest BCUT2D eigenvalue weighted by Gasteiger charge is -2.30. The topological polar surface area (TPSA) is 98.2 Å². The zero-order valence-electron chi connectivity index (χ0n) is 11.8. The minimum atomic E-state index is -3.89. The van der Waals surface area contributed by atoms with Gasteiger partial charge < -0.3 is 11.1 Å². The minimum absolute atomic E-state index is 0.0922. The molecule has 0 bridgehead atoms. The molecule has 0 amide bonds. The first-order chi connectivity index (χ1) is 9.28. The number of nitrogens with one attached hydrogen (secondary N) is 1. The molecule has 0 heterocycles. The van der Waals surface area contributed by atoms with E-state index in [0.717, 1.165) is 18.9 Å². The van der Waals surface area contributed by atoms with Gasteiger partial charge in [0.1, 0.15) is 5.82 Å². The molecule has 0 aromatic heterocycles. The van der Waals surface area contributed by atoms with Gasteiger partial charge in [-0.05, 0) is 43.0 Å². The molecule has 0 atom stereocenters. The number of rotatable bonds is 7. The fourth-order valence-electron chi connectivity index (χ4n) is 1.96. The Labute approximate surface area is 119 Å². The van der Waals surface area contributed by atoms with Crippen molar-refractivity contribution in [1.82, 2.24) is 0 Å². The van der Waals surface area contributed by atoms with Crippen LogP contribution in [-0.2, 0) is 10.0 Å². The van der Waals surface area contributed by atoms with Crippen molar-refractivity contribution >= 4 is 15.7 Å². The van der Waals surface area contributed by atoms with Crippen LogP contribution < -0.4 is 16.2 Å². The Morgan fingerprint density at radius 3 is 2.30 bits per heavy atom. The number of hydrogen-bond donors (Lipinski definition) is 3. The Morgan fingerprint density at radius 1 is 1.30 bits per heavy atom. The normalized spacial score (nSPS) is 12.4. The molecule has 1 rings (SSSR count). The van der Waals surface area contributed by atoms with Crippen LogP contribution in [-0.4, -0.2) is 21.5 Å². The summed E-state index contributed by atoms with van der Waals surface area (Å²) in [6.45, 7) is 5.11. The van der Waals surface area contributed by atoms with Crippen molar-refractivity contribution in [2.24, 2.45) is 16.3 Å². The summed E-state index contributed by atoms with van der Waals surface area (Å²) in [7, 11) is -3.89. The van der Waals surface area contributed by atoms with Crippen LogP contribution in [0, 0.1) is 11.2 Å². The maximum absolute atomic E-state index is 13.9. The largest absolute Gasteiger partial charge is 0.382 e. The van der Waals surface area contributed by atoms with Crippen LogP contribution in [0.1, 0.15) is 26.7 Å². The zero-order chi connectivity index (χ0) is 15.4. The van der Waals surface area contributed by atoms with E-state index in [2.05, 4.69) is 5.32 Å². The van der Waals surface area contributed by atoms with Gasteiger partial charge in [-0.15, -0.1) is 0 Å². The average molecular weight is 303 g/mol. The van der Waals surface area contributed by atoms with Crippen molar-refractivity contribution < 1.29 is 12.8 Å². The van der Waals surface area contributed by atoms with Gasteiger partial charge in [0, 0.05) is 6.54 Å². The number of halogens is 1. The lowest BCUT2D eigenvalue weighted by Crippen LogP contribution is -2.36. The molecule has 0 aliphatic rings. The first-order valence-corrected chi connectivity index (χ1v) is 8.09. The maximum atomic E-state index is 13.9. The number of sulfonamides is 1. The fourth-order valence-corrected chi connectivity index (χ4v) is 2.49. The van der Waals surface area contributed by atoms with Crippen LogP contribution in [0.15, 0.2) is 23.1 Å². The van der Waals surface area contributed by atoms with Crippen molar-refractivity contribution in [2.75, 3.05) is 18.4 Å². The summed E-state index contributed by atoms with van der Waals surface area (Å²) < 4.78 is 36.1. The highest BCUT2D eigenvalue weighted by atomic mass is 32.2. The summed E-state index contributed by atoms with van der Waals surface area (Å²) in [5.41, 5.74) is 5.94. The highest BCUT2D eigenvalue weighted by Gasteiger charge is 2.24. The average Bonchev–Trinajstić information content (AvgIpc) is 2.41. The second kappa shape index (κ2) is 6.51. The monoisotopic (exact) mass is 303 g/mol. The van der Waals surface area contributed by atoms with Gasteiger partial charge >= 0.3 is 0 Å². The van der Waals surface area contributed by atoms with E-state index in [4.69, 9.17) is 10.9 Å². The maximum Gasteiger partial charge on any atom is 0.238 e. The summed E-state index contributed by atoms with van der Waals surface area (Å²) in [5.74, 6) is -0.644. The second-order valence-electron chi connectivity index (χ2n) is 4.95. The Morgan fingerprint density at radius 2 is 1.90 bits per heavy atom. The number of benzene rings is 1. The molecule has 5 nitrogen and oxygen atoms in total. The van der Waals surface area contributed by atoms with Crippen molar-refractivity contribution in [3.05, 3.63) is 24.0 Å². The Bertz CT molecular complexity index is 548. The highest BCUT2D eigenvalue weighted by Crippen LogP contribution is 2.26. The van der Waals surface area contributed by atoms with Crippen molar-refractivity contribution in [3.63, 3.8) is 0 Å². The third-order valence-electron chi connectivity index (χ3n) is 3.86. The van der Waals surface area contributed by atoms with Crippen molar-refractivity contribution in [2.45, 2.75) is 31.6 Å². The van der Waals surface area contributed by atoms with Gasteiger partial charge in [-0.3, -0.25) is 0 Å². The molecular formula is C13H22FN3O2S. The number of nitrogens with two attached hydrogens (primary N) is 2. The summed E-state index contributed by atoms with van der Waals surface area (Å²) in [6, 6.07) is 3.57. The molecule has 1 aromatic rings. The van der Waals surface area contributed by atoms with E-state index < -0.39 is 15.8 Å². The van der Waals surface area contributed by atoms with E-state index in [-0.39, 0.29) is 16.0 Å². The molecule has 0 aliphatic carbocycles. The predicted octanol–water partition coefficient (Wildman–Crippen LogP) is 1.65. The quantitative estimate of drug-likeness (QED) is 0.713. The molecule has 0 saturated heterocycles. The molecule has 0 aliphatic heterocycles. The van der Waals surface area contributed by atoms with E-state index in [1.165, 1.54) is 12.1 Å². The summed E-state index contributed by atoms with van der Waals surface area (Å²) in [5, 5.41) is 7.95. The summed E-state index contributed by atoms with van der Waals surface area (Å²) in [4.78, 5) is -0.239. The van der Waals surface area contributed by atoms with Crippen LogP contribution in [0.5, 0.6) is 0 Å². The van der Waals surface area contributed by atoms with Crippen LogP contribution in [0.25, 0.3) is 0 Å². The Kier molecular flexibility index (Phi) is 5.50. The number of anilines is 1. The summed E-state index contributed by atoms with van der Waals surface area (Å²) in [6.07, 6.45) is 1.76. The molecule has 0 fully saturated rings. The number of hydrogen-bond acceptors (Lipinski definition) is 4. The smallest absolute Gasteiger partial charge is 0.238 e. The minimum Gasteiger partial charge on any atom is -0.382 e. The molecule has 0 radical (unpaired) electrons. The molecular weight excluding hydrogens is 281 g/mol. The van der Waals surface area contributed by atoms with Crippen molar-refractivity contribution in [3.8, 4) is 0 Å². The Balaban J connectivity index is 2.90.